The van der Waals surface area contributed by atoms with E-state index < -0.39 is 0 Å². The fourth-order valence-corrected chi connectivity index (χ4v) is 4.02. The molecule has 3 aromatic rings. The molecule has 0 unspecified atom stereocenters. The van der Waals surface area contributed by atoms with Crippen LogP contribution in [-0.2, 0) is 13.2 Å². The van der Waals surface area contributed by atoms with E-state index >= 15 is 0 Å². The Morgan fingerprint density at radius 3 is 2.44 bits per heavy atom. The number of piperazine rings is 1. The summed E-state index contributed by atoms with van der Waals surface area (Å²) in [6, 6.07) is 12.7. The number of nitrogens with zero attached hydrogens (tertiary/aromatic N) is 3. The molecule has 0 spiro atoms. The second-order valence-electron chi connectivity index (χ2n) is 7.63. The average molecular weight is 495 g/mol. The lowest BCUT2D eigenvalue weighted by Crippen LogP contribution is -2.48. The number of amides is 1. The molecule has 1 aliphatic heterocycles. The van der Waals surface area contributed by atoms with Crippen LogP contribution in [0.4, 0.5) is 0 Å². The molecule has 1 saturated heterocycles. The molecule has 32 heavy (non-hydrogen) atoms. The number of aromatic nitrogens is 1. The second-order valence-corrected chi connectivity index (χ2v) is 8.88. The lowest BCUT2D eigenvalue weighted by Gasteiger charge is -2.34. The second kappa shape index (κ2) is 10.1. The van der Waals surface area contributed by atoms with Gasteiger partial charge in [0.15, 0.2) is 5.69 Å². The van der Waals surface area contributed by atoms with Gasteiger partial charge in [-0.2, -0.15) is 0 Å². The van der Waals surface area contributed by atoms with Crippen LogP contribution in [0.3, 0.4) is 0 Å². The lowest BCUT2D eigenvalue weighted by molar-refractivity contribution is 0.0616. The first-order chi connectivity index (χ1) is 15.4. The Morgan fingerprint density at radius 1 is 1.03 bits per heavy atom. The number of hydrogen-bond donors (Lipinski definition) is 0. The van der Waals surface area contributed by atoms with Gasteiger partial charge in [0.1, 0.15) is 18.1 Å². The first kappa shape index (κ1) is 22.9. The van der Waals surface area contributed by atoms with Gasteiger partial charge in [0.25, 0.3) is 5.91 Å². The molecular formula is C23H22Cl3N3O3. The smallest absolute Gasteiger partial charge is 0.276 e. The van der Waals surface area contributed by atoms with Gasteiger partial charge in [-0.1, -0.05) is 46.0 Å². The number of rotatable bonds is 6. The van der Waals surface area contributed by atoms with E-state index in [4.69, 9.17) is 44.1 Å². The van der Waals surface area contributed by atoms with Crippen LogP contribution in [0.15, 0.2) is 47.0 Å². The number of hydrogen-bond acceptors (Lipinski definition) is 5. The highest BCUT2D eigenvalue weighted by Gasteiger charge is 2.28. The Kier molecular flexibility index (Phi) is 7.26. The van der Waals surface area contributed by atoms with Crippen LogP contribution in [0.1, 0.15) is 27.4 Å². The highest BCUT2D eigenvalue weighted by Crippen LogP contribution is 2.24. The molecule has 9 heteroatoms. The lowest BCUT2D eigenvalue weighted by atomic mass is 10.1. The maximum atomic E-state index is 13.1. The number of halogens is 3. The number of benzene rings is 2. The molecule has 168 valence electrons. The van der Waals surface area contributed by atoms with Gasteiger partial charge in [-0.15, -0.1) is 0 Å². The van der Waals surface area contributed by atoms with E-state index in [0.29, 0.717) is 50.9 Å². The van der Waals surface area contributed by atoms with Crippen LogP contribution < -0.4 is 4.74 Å². The van der Waals surface area contributed by atoms with Crippen LogP contribution >= 0.6 is 34.8 Å². The zero-order chi connectivity index (χ0) is 22.7. The molecule has 0 atom stereocenters. The Hall–Kier alpha value is -2.25. The van der Waals surface area contributed by atoms with Crippen molar-refractivity contribution in [2.75, 3.05) is 26.2 Å². The SMILES string of the molecule is Cc1onc(C(=O)N2CCN(Cc3ccc(Cl)c(Cl)c3)CC2)c1COc1ccc(Cl)cc1. The Morgan fingerprint density at radius 2 is 1.75 bits per heavy atom. The Bertz CT molecular complexity index is 1090. The fraction of sp³-hybridized carbons (Fsp3) is 0.304. The molecular weight excluding hydrogens is 473 g/mol. The third-order valence-corrected chi connectivity index (χ3v) is 6.42. The molecule has 1 aromatic heterocycles. The van der Waals surface area contributed by atoms with Gasteiger partial charge in [0.05, 0.1) is 15.6 Å². The number of carbonyl (C=O) groups excluding carboxylic acids is 1. The number of ether oxygens (including phenoxy) is 1. The van der Waals surface area contributed by atoms with E-state index in [1.165, 1.54) is 0 Å². The van der Waals surface area contributed by atoms with Crippen molar-refractivity contribution in [2.24, 2.45) is 0 Å². The van der Waals surface area contributed by atoms with Crippen molar-refractivity contribution in [1.82, 2.24) is 15.0 Å². The zero-order valence-electron chi connectivity index (χ0n) is 17.5. The molecule has 1 amide bonds. The summed E-state index contributed by atoms with van der Waals surface area (Å²) in [5.41, 5.74) is 2.05. The van der Waals surface area contributed by atoms with Crippen LogP contribution in [0, 0.1) is 6.92 Å². The van der Waals surface area contributed by atoms with E-state index in [9.17, 15) is 4.79 Å². The van der Waals surface area contributed by atoms with Crippen molar-refractivity contribution >= 4 is 40.7 Å². The van der Waals surface area contributed by atoms with Crippen molar-refractivity contribution < 1.29 is 14.1 Å². The zero-order valence-corrected chi connectivity index (χ0v) is 19.8. The molecule has 0 saturated carbocycles. The maximum absolute atomic E-state index is 13.1. The van der Waals surface area contributed by atoms with Gasteiger partial charge >= 0.3 is 0 Å². The molecule has 0 radical (unpaired) electrons. The highest BCUT2D eigenvalue weighted by atomic mass is 35.5. The van der Waals surface area contributed by atoms with E-state index in [1.54, 1.807) is 42.2 Å². The summed E-state index contributed by atoms with van der Waals surface area (Å²) in [4.78, 5) is 17.2. The summed E-state index contributed by atoms with van der Waals surface area (Å²) in [6.07, 6.45) is 0. The Labute approximate surface area is 201 Å². The summed E-state index contributed by atoms with van der Waals surface area (Å²) >= 11 is 18.0. The first-order valence-corrected chi connectivity index (χ1v) is 11.3. The number of aryl methyl sites for hydroxylation is 1. The van der Waals surface area contributed by atoms with Crippen molar-refractivity contribution in [3.05, 3.63) is 80.1 Å². The first-order valence-electron chi connectivity index (χ1n) is 10.2. The van der Waals surface area contributed by atoms with E-state index in [1.807, 2.05) is 12.1 Å². The Balaban J connectivity index is 1.36. The monoisotopic (exact) mass is 493 g/mol. The minimum Gasteiger partial charge on any atom is -0.489 e. The molecule has 1 fully saturated rings. The summed E-state index contributed by atoms with van der Waals surface area (Å²) < 4.78 is 11.1. The van der Waals surface area contributed by atoms with Crippen molar-refractivity contribution in [3.63, 3.8) is 0 Å². The normalized spacial score (nSPS) is 14.6. The molecule has 0 bridgehead atoms. The minimum atomic E-state index is -0.147. The van der Waals surface area contributed by atoms with Gasteiger partial charge in [0, 0.05) is 37.7 Å². The summed E-state index contributed by atoms with van der Waals surface area (Å²) in [7, 11) is 0. The molecule has 2 heterocycles. The predicted molar refractivity (Wildman–Crippen MR) is 125 cm³/mol. The van der Waals surface area contributed by atoms with Crippen LogP contribution in [0.5, 0.6) is 5.75 Å². The molecule has 0 N–H and O–H groups in total. The van der Waals surface area contributed by atoms with Crippen LogP contribution in [-0.4, -0.2) is 47.0 Å². The molecule has 4 rings (SSSR count). The third-order valence-electron chi connectivity index (χ3n) is 5.43. The summed E-state index contributed by atoms with van der Waals surface area (Å²) in [5, 5.41) is 5.74. The quantitative estimate of drug-likeness (QED) is 0.454. The summed E-state index contributed by atoms with van der Waals surface area (Å²) in [5.74, 6) is 1.08. The molecule has 2 aromatic carbocycles. The van der Waals surface area contributed by atoms with Gasteiger partial charge in [-0.05, 0) is 48.9 Å². The maximum Gasteiger partial charge on any atom is 0.276 e. The minimum absolute atomic E-state index is 0.147. The van der Waals surface area contributed by atoms with Crippen LogP contribution in [0.2, 0.25) is 15.1 Å². The largest absolute Gasteiger partial charge is 0.489 e. The topological polar surface area (TPSA) is 58.8 Å². The average Bonchev–Trinajstić information content (AvgIpc) is 3.16. The fourth-order valence-electron chi connectivity index (χ4n) is 3.57. The van der Waals surface area contributed by atoms with E-state index in [2.05, 4.69) is 10.1 Å². The number of carbonyl (C=O) groups is 1. The van der Waals surface area contributed by atoms with E-state index in [-0.39, 0.29) is 12.5 Å². The van der Waals surface area contributed by atoms with Gasteiger partial charge in [-0.3, -0.25) is 9.69 Å². The van der Waals surface area contributed by atoms with Crippen molar-refractivity contribution in [3.8, 4) is 5.75 Å². The standard InChI is InChI=1S/C23H22Cl3N3O3/c1-15-19(14-31-18-5-3-17(24)4-6-18)22(27-32-15)23(30)29-10-8-28(9-11-29)13-16-2-7-20(25)21(26)12-16/h2-7,12H,8-11,13-14H2,1H3. The van der Waals surface area contributed by atoms with Crippen molar-refractivity contribution in [1.29, 1.82) is 0 Å². The van der Waals surface area contributed by atoms with E-state index in [0.717, 1.165) is 25.2 Å². The molecule has 6 nitrogen and oxygen atoms in total. The molecule has 1 aliphatic rings. The highest BCUT2D eigenvalue weighted by molar-refractivity contribution is 6.42. The summed E-state index contributed by atoms with van der Waals surface area (Å²) in [6.45, 7) is 5.42. The third kappa shape index (κ3) is 5.38. The van der Waals surface area contributed by atoms with Gasteiger partial charge in [-0.25, -0.2) is 0 Å². The van der Waals surface area contributed by atoms with Crippen molar-refractivity contribution in [2.45, 2.75) is 20.1 Å². The predicted octanol–water partition coefficient (Wildman–Crippen LogP) is 5.48. The van der Waals surface area contributed by atoms with Crippen LogP contribution in [0.25, 0.3) is 0 Å². The van der Waals surface area contributed by atoms with Gasteiger partial charge in [0.2, 0.25) is 0 Å². The molecule has 0 aliphatic carbocycles. The van der Waals surface area contributed by atoms with Gasteiger partial charge < -0.3 is 14.2 Å².